The molecule has 1 spiro atoms. The lowest BCUT2D eigenvalue weighted by molar-refractivity contribution is -0.756. The Morgan fingerprint density at radius 1 is 0.958 bits per heavy atom. The first-order valence-electron chi connectivity index (χ1n) is 8.54. The molecule has 1 aliphatic carbocycles. The average molecular weight is 344 g/mol. The largest absolute Gasteiger partial charge is 1.00 e. The van der Waals surface area contributed by atoms with Crippen molar-refractivity contribution in [2.24, 2.45) is 5.41 Å². The fourth-order valence-electron chi connectivity index (χ4n) is 5.07. The summed E-state index contributed by atoms with van der Waals surface area (Å²) < 4.78 is 15.3. The molecular formula is C20H22ClNO2. The Morgan fingerprint density at radius 2 is 1.62 bits per heavy atom. The lowest BCUT2D eigenvalue weighted by Gasteiger charge is -2.58. The van der Waals surface area contributed by atoms with E-state index in [0.717, 1.165) is 19.6 Å². The number of aromatic nitrogens is 1. The van der Waals surface area contributed by atoms with Crippen molar-refractivity contribution < 1.29 is 26.4 Å². The Kier molecular flexibility index (Phi) is 3.54. The second-order valence-corrected chi connectivity index (χ2v) is 7.44. The highest BCUT2D eigenvalue weighted by atomic mass is 35.5. The molecule has 1 aromatic carbocycles. The molecule has 2 unspecified atom stereocenters. The Balaban J connectivity index is 0.00000146. The Labute approximate surface area is 149 Å². The van der Waals surface area contributed by atoms with Gasteiger partial charge in [0.05, 0.1) is 18.6 Å². The summed E-state index contributed by atoms with van der Waals surface area (Å²) in [4.78, 5) is 0. The Bertz CT molecular complexity index is 735. The molecule has 2 bridgehead atoms. The summed E-state index contributed by atoms with van der Waals surface area (Å²) in [5.74, 6) is -0.439. The normalized spacial score (nSPS) is 27.9. The number of hydrogen-bond donors (Lipinski definition) is 0. The van der Waals surface area contributed by atoms with Gasteiger partial charge >= 0.3 is 0 Å². The predicted octanol–water partition coefficient (Wildman–Crippen LogP) is 0.186. The number of pyridine rings is 1. The monoisotopic (exact) mass is 343 g/mol. The van der Waals surface area contributed by atoms with Gasteiger partial charge in [0.2, 0.25) is 0 Å². The van der Waals surface area contributed by atoms with Crippen molar-refractivity contribution in [3.63, 3.8) is 0 Å². The first kappa shape index (κ1) is 16.1. The van der Waals surface area contributed by atoms with Gasteiger partial charge in [0.1, 0.15) is 5.92 Å². The van der Waals surface area contributed by atoms with Crippen LogP contribution in [-0.4, -0.2) is 19.0 Å². The van der Waals surface area contributed by atoms with Crippen molar-refractivity contribution in [3.05, 3.63) is 65.5 Å². The van der Waals surface area contributed by atoms with E-state index in [9.17, 15) is 0 Å². The van der Waals surface area contributed by atoms with E-state index in [0.29, 0.717) is 0 Å². The molecule has 0 N–H and O–H groups in total. The van der Waals surface area contributed by atoms with Crippen LogP contribution in [0.25, 0.3) is 0 Å². The van der Waals surface area contributed by atoms with Gasteiger partial charge in [-0.2, -0.15) is 4.57 Å². The summed E-state index contributed by atoms with van der Waals surface area (Å²) in [5.41, 5.74) is 3.95. The third kappa shape index (κ3) is 1.73. The molecular weight excluding hydrogens is 322 g/mol. The summed E-state index contributed by atoms with van der Waals surface area (Å²) in [7, 11) is 0. The van der Waals surface area contributed by atoms with E-state index >= 15 is 0 Å². The molecule has 1 fully saturated rings. The minimum Gasteiger partial charge on any atom is -1.00 e. The van der Waals surface area contributed by atoms with Gasteiger partial charge in [-0.3, -0.25) is 0 Å². The number of nitrogens with zero attached hydrogens (tertiary/aromatic N) is 1. The van der Waals surface area contributed by atoms with E-state index in [1.807, 2.05) is 0 Å². The third-order valence-corrected chi connectivity index (χ3v) is 5.98. The van der Waals surface area contributed by atoms with Crippen molar-refractivity contribution in [1.82, 2.24) is 0 Å². The van der Waals surface area contributed by atoms with Crippen LogP contribution < -0.4 is 17.0 Å². The highest BCUT2D eigenvalue weighted by molar-refractivity contribution is 5.45. The van der Waals surface area contributed by atoms with Gasteiger partial charge in [-0.25, -0.2) is 0 Å². The first-order chi connectivity index (χ1) is 11.2. The number of ether oxygens (including phenoxy) is 2. The van der Waals surface area contributed by atoms with Crippen molar-refractivity contribution >= 4 is 0 Å². The minimum absolute atomic E-state index is 0. The molecule has 0 amide bonds. The summed E-state index contributed by atoms with van der Waals surface area (Å²) in [5, 5.41) is 0. The van der Waals surface area contributed by atoms with Gasteiger partial charge in [0.25, 0.3) is 0 Å². The van der Waals surface area contributed by atoms with Gasteiger partial charge in [-0.1, -0.05) is 30.3 Å². The first-order valence-corrected chi connectivity index (χ1v) is 8.54. The van der Waals surface area contributed by atoms with Crippen molar-refractivity contribution in [3.8, 4) is 0 Å². The van der Waals surface area contributed by atoms with E-state index in [1.54, 1.807) is 0 Å². The number of hydrogen-bond acceptors (Lipinski definition) is 2. The predicted molar refractivity (Wildman–Crippen MR) is 86.1 cm³/mol. The summed E-state index contributed by atoms with van der Waals surface area (Å²) in [6, 6.07) is 15.5. The lowest BCUT2D eigenvalue weighted by atomic mass is 9.57. The quantitative estimate of drug-likeness (QED) is 0.637. The fraction of sp³-hybridized carbons (Fsp3) is 0.450. The molecule has 4 heteroatoms. The molecule has 6 rings (SSSR count). The zero-order valence-corrected chi connectivity index (χ0v) is 14.8. The van der Waals surface area contributed by atoms with Crippen molar-refractivity contribution in [2.45, 2.75) is 38.0 Å². The Hall–Kier alpha value is -1.42. The van der Waals surface area contributed by atoms with E-state index in [1.165, 1.54) is 16.8 Å². The van der Waals surface area contributed by atoms with E-state index in [2.05, 4.69) is 67.1 Å². The van der Waals surface area contributed by atoms with Crippen LogP contribution in [0.5, 0.6) is 0 Å². The second-order valence-electron chi connectivity index (χ2n) is 7.44. The number of benzene rings is 1. The molecule has 126 valence electrons. The summed E-state index contributed by atoms with van der Waals surface area (Å²) in [6.07, 6.45) is 3.19. The van der Waals surface area contributed by atoms with Crippen molar-refractivity contribution in [2.75, 3.05) is 13.2 Å². The molecule has 3 aliphatic heterocycles. The van der Waals surface area contributed by atoms with E-state index < -0.39 is 5.79 Å². The molecule has 3 nitrogen and oxygen atoms in total. The third-order valence-electron chi connectivity index (χ3n) is 5.98. The molecule has 2 atom stereocenters. The van der Waals surface area contributed by atoms with E-state index in [4.69, 9.17) is 9.47 Å². The average Bonchev–Trinajstić information content (AvgIpc) is 2.58. The molecule has 0 radical (unpaired) electrons. The van der Waals surface area contributed by atoms with Crippen molar-refractivity contribution in [1.29, 1.82) is 0 Å². The molecule has 4 heterocycles. The van der Waals surface area contributed by atoms with Crippen LogP contribution in [-0.2, 0) is 9.47 Å². The highest BCUT2D eigenvalue weighted by Crippen LogP contribution is 2.62. The van der Waals surface area contributed by atoms with Crippen LogP contribution in [0.2, 0.25) is 0 Å². The van der Waals surface area contributed by atoms with Crippen LogP contribution in [0.1, 0.15) is 49.0 Å². The smallest absolute Gasteiger partial charge is 0.196 e. The van der Waals surface area contributed by atoms with Gasteiger partial charge in [0, 0.05) is 17.7 Å². The summed E-state index contributed by atoms with van der Waals surface area (Å²) in [6.45, 7) is 6.16. The zero-order chi connectivity index (χ0) is 15.7. The van der Waals surface area contributed by atoms with Crippen LogP contribution in [0.15, 0.2) is 48.7 Å². The second kappa shape index (κ2) is 5.29. The van der Waals surface area contributed by atoms with Gasteiger partial charge in [-0.15, -0.1) is 0 Å². The maximum absolute atomic E-state index is 6.43. The molecule has 2 aromatic rings. The fourth-order valence-corrected chi connectivity index (χ4v) is 5.07. The van der Waals surface area contributed by atoms with Gasteiger partial charge < -0.3 is 21.9 Å². The SMILES string of the molecule is CC1(C)C2c3ccccc3C(c3cccc[n+]32)C12OCCCO2.[Cl-]. The maximum atomic E-state index is 6.43. The molecule has 0 saturated carbocycles. The van der Waals surface area contributed by atoms with Gasteiger partial charge in [0.15, 0.2) is 23.7 Å². The van der Waals surface area contributed by atoms with Gasteiger partial charge in [-0.05, 0) is 25.8 Å². The molecule has 4 aliphatic rings. The van der Waals surface area contributed by atoms with Crippen LogP contribution in [0.4, 0.5) is 0 Å². The van der Waals surface area contributed by atoms with E-state index in [-0.39, 0.29) is 29.8 Å². The number of rotatable bonds is 0. The lowest BCUT2D eigenvalue weighted by Crippen LogP contribution is -3.00. The maximum Gasteiger partial charge on any atom is 0.196 e. The number of halogens is 1. The molecule has 24 heavy (non-hydrogen) atoms. The molecule has 1 saturated heterocycles. The topological polar surface area (TPSA) is 22.3 Å². The van der Waals surface area contributed by atoms with Crippen LogP contribution in [0.3, 0.4) is 0 Å². The zero-order valence-electron chi connectivity index (χ0n) is 14.0. The molecule has 1 aromatic heterocycles. The summed E-state index contributed by atoms with van der Waals surface area (Å²) >= 11 is 0. The highest BCUT2D eigenvalue weighted by Gasteiger charge is 2.70. The Morgan fingerprint density at radius 3 is 2.38 bits per heavy atom. The van der Waals surface area contributed by atoms with Crippen LogP contribution in [0, 0.1) is 5.41 Å². The standard InChI is InChI=1S/C20H22NO2.ClH/c1-19(2)18-15-9-4-3-8-14(15)17(16-10-5-6-11-21(16)18)20(19)22-12-7-13-23-20;/h3-6,8-11,17-18H,7,12-13H2,1-2H3;1H/q+1;/p-1. The minimum atomic E-state index is -0.564. The van der Waals surface area contributed by atoms with Crippen LogP contribution >= 0.6 is 0 Å².